The van der Waals surface area contributed by atoms with Crippen LogP contribution < -0.4 is 0 Å². The molecule has 0 aromatic carbocycles. The van der Waals surface area contributed by atoms with Crippen molar-refractivity contribution in [1.82, 2.24) is 0 Å². The SMILES string of the molecule is C/C=C(/C)C(=O)O[C@@H]1C2=C(C)C(=O)O[C@@H]2C[C@H]2CC[C@H](OC(=O)/C=C/[S@@](C)=O)[C@H](C)[C@]21C. The summed E-state index contributed by atoms with van der Waals surface area (Å²) in [4.78, 5) is 37.4. The first kappa shape index (κ1) is 24.4. The molecule has 3 aliphatic rings. The van der Waals surface area contributed by atoms with Gasteiger partial charge in [0.15, 0.2) is 0 Å². The van der Waals surface area contributed by atoms with Crippen LogP contribution in [0.5, 0.6) is 0 Å². The van der Waals surface area contributed by atoms with E-state index in [2.05, 4.69) is 6.92 Å². The van der Waals surface area contributed by atoms with Crippen molar-refractivity contribution in [3.8, 4) is 0 Å². The molecule has 7 atom stereocenters. The zero-order chi connectivity index (χ0) is 23.8. The fraction of sp³-hybridized carbons (Fsp3) is 0.625. The lowest BCUT2D eigenvalue weighted by Gasteiger charge is -2.56. The van der Waals surface area contributed by atoms with Crippen molar-refractivity contribution in [3.63, 3.8) is 0 Å². The lowest BCUT2D eigenvalue weighted by Crippen LogP contribution is -2.58. The predicted molar refractivity (Wildman–Crippen MR) is 120 cm³/mol. The second kappa shape index (κ2) is 9.33. The van der Waals surface area contributed by atoms with E-state index in [0.29, 0.717) is 24.0 Å². The van der Waals surface area contributed by atoms with Gasteiger partial charge in [0.25, 0.3) is 0 Å². The summed E-state index contributed by atoms with van der Waals surface area (Å²) in [5, 5.41) is 1.30. The van der Waals surface area contributed by atoms with E-state index in [0.717, 1.165) is 12.0 Å². The van der Waals surface area contributed by atoms with Gasteiger partial charge in [-0.1, -0.05) is 19.9 Å². The van der Waals surface area contributed by atoms with Crippen molar-refractivity contribution < 1.29 is 32.8 Å². The van der Waals surface area contributed by atoms with Crippen molar-refractivity contribution in [2.75, 3.05) is 6.26 Å². The second-order valence-electron chi connectivity index (χ2n) is 9.17. The second-order valence-corrected chi connectivity index (χ2v) is 10.4. The third-order valence-electron chi connectivity index (χ3n) is 7.54. The summed E-state index contributed by atoms with van der Waals surface area (Å²) < 4.78 is 28.6. The zero-order valence-corrected chi connectivity index (χ0v) is 20.3. The third-order valence-corrected chi connectivity index (χ3v) is 8.06. The number of hydrogen-bond acceptors (Lipinski definition) is 7. The molecule has 8 heteroatoms. The van der Waals surface area contributed by atoms with E-state index in [1.165, 1.54) is 17.7 Å². The summed E-state index contributed by atoms with van der Waals surface area (Å²) in [5.74, 6) is -1.36. The lowest BCUT2D eigenvalue weighted by molar-refractivity contribution is -0.184. The van der Waals surface area contributed by atoms with E-state index >= 15 is 0 Å². The highest BCUT2D eigenvalue weighted by molar-refractivity contribution is 7.87. The normalized spacial score (nSPS) is 35.8. The quantitative estimate of drug-likeness (QED) is 0.350. The van der Waals surface area contributed by atoms with Crippen LogP contribution in [0, 0.1) is 17.3 Å². The maximum Gasteiger partial charge on any atom is 0.334 e. The molecule has 2 fully saturated rings. The largest absolute Gasteiger partial charge is 0.459 e. The Kier molecular flexibility index (Phi) is 7.12. The molecule has 2 aliphatic carbocycles. The summed E-state index contributed by atoms with van der Waals surface area (Å²) in [6.45, 7) is 9.24. The van der Waals surface area contributed by atoms with Gasteiger partial charge in [-0.2, -0.15) is 0 Å². The molecular weight excluding hydrogens is 432 g/mol. The van der Waals surface area contributed by atoms with Gasteiger partial charge in [0.2, 0.25) is 0 Å². The smallest absolute Gasteiger partial charge is 0.334 e. The summed E-state index contributed by atoms with van der Waals surface area (Å²) in [5.41, 5.74) is 1.15. The molecule has 1 heterocycles. The topological polar surface area (TPSA) is 96.0 Å². The highest BCUT2D eigenvalue weighted by atomic mass is 32.2. The van der Waals surface area contributed by atoms with Crippen LogP contribution in [-0.4, -0.2) is 46.7 Å². The van der Waals surface area contributed by atoms with Gasteiger partial charge in [-0.3, -0.25) is 4.21 Å². The van der Waals surface area contributed by atoms with Crippen molar-refractivity contribution in [2.24, 2.45) is 17.3 Å². The van der Waals surface area contributed by atoms with Gasteiger partial charge in [0.05, 0.1) is 0 Å². The van der Waals surface area contributed by atoms with E-state index in [1.54, 1.807) is 26.8 Å². The monoisotopic (exact) mass is 464 g/mol. The average Bonchev–Trinajstić information content (AvgIpc) is 3.02. The Morgan fingerprint density at radius 1 is 1.25 bits per heavy atom. The molecule has 2 saturated carbocycles. The number of ether oxygens (including phenoxy) is 3. The maximum absolute atomic E-state index is 12.8. The van der Waals surface area contributed by atoms with Crippen molar-refractivity contribution in [3.05, 3.63) is 34.3 Å². The van der Waals surface area contributed by atoms with Gasteiger partial charge in [-0.15, -0.1) is 0 Å². The number of hydrogen-bond donors (Lipinski definition) is 0. The van der Waals surface area contributed by atoms with Crippen LogP contribution >= 0.6 is 0 Å². The van der Waals surface area contributed by atoms with Crippen molar-refractivity contribution in [2.45, 2.75) is 72.2 Å². The van der Waals surface area contributed by atoms with Gasteiger partial charge in [0.1, 0.15) is 18.3 Å². The molecule has 1 aliphatic heterocycles. The molecule has 3 rings (SSSR count). The standard InChI is InChI=1S/C24H32O7S/c1-7-13(2)22(26)31-21-20-14(3)23(27)30-18(20)12-16-8-9-17(15(4)24(16,21)5)29-19(25)10-11-32(6)28/h7,10-11,15-18,21H,8-9,12H2,1-6H3/b11-10+,13-7-/t15-,16+,17-,18+,21+,24+,32+/m0/s1. The van der Waals surface area contributed by atoms with Crippen LogP contribution in [0.3, 0.4) is 0 Å². The van der Waals surface area contributed by atoms with Crippen molar-refractivity contribution >= 4 is 28.7 Å². The number of carbonyl (C=O) groups excluding carboxylic acids is 3. The third kappa shape index (κ3) is 4.34. The zero-order valence-electron chi connectivity index (χ0n) is 19.5. The molecule has 0 N–H and O–H groups in total. The molecule has 0 bridgehead atoms. The molecule has 0 aromatic heterocycles. The fourth-order valence-corrected chi connectivity index (χ4v) is 5.61. The molecule has 0 saturated heterocycles. The Balaban J connectivity index is 1.97. The molecule has 7 nitrogen and oxygen atoms in total. The molecule has 176 valence electrons. The van der Waals surface area contributed by atoms with Crippen LogP contribution in [0.15, 0.2) is 34.3 Å². The van der Waals surface area contributed by atoms with Gasteiger partial charge in [-0.25, -0.2) is 14.4 Å². The lowest BCUT2D eigenvalue weighted by atomic mass is 9.52. The summed E-state index contributed by atoms with van der Waals surface area (Å²) in [6, 6.07) is 0. The first-order chi connectivity index (χ1) is 15.0. The van der Waals surface area contributed by atoms with Gasteiger partial charge in [-0.05, 0) is 46.0 Å². The summed E-state index contributed by atoms with van der Waals surface area (Å²) >= 11 is 0. The van der Waals surface area contributed by atoms with Gasteiger partial charge < -0.3 is 14.2 Å². The fourth-order valence-electron chi connectivity index (χ4n) is 5.31. The van der Waals surface area contributed by atoms with Crippen molar-refractivity contribution in [1.29, 1.82) is 0 Å². The average molecular weight is 465 g/mol. The molecule has 0 spiro atoms. The van der Waals surface area contributed by atoms with Crippen LogP contribution in [0.1, 0.15) is 53.9 Å². The van der Waals surface area contributed by atoms with Crippen LogP contribution in [0.25, 0.3) is 0 Å². The highest BCUT2D eigenvalue weighted by Crippen LogP contribution is 2.58. The Bertz CT molecular complexity index is 931. The van der Waals surface area contributed by atoms with Gasteiger partial charge in [0, 0.05) is 56.6 Å². The predicted octanol–water partition coefficient (Wildman–Crippen LogP) is 3.37. The Morgan fingerprint density at radius 3 is 2.56 bits per heavy atom. The Labute approximate surface area is 191 Å². The van der Waals surface area contributed by atoms with Gasteiger partial charge >= 0.3 is 17.9 Å². The minimum Gasteiger partial charge on any atom is -0.459 e. The summed E-state index contributed by atoms with van der Waals surface area (Å²) in [6.07, 6.45) is 4.99. The summed E-state index contributed by atoms with van der Waals surface area (Å²) in [7, 11) is -1.24. The first-order valence-corrected chi connectivity index (χ1v) is 12.6. The van der Waals surface area contributed by atoms with E-state index in [1.807, 2.05) is 6.92 Å². The number of fused-ring (bicyclic) bond motifs is 2. The minimum atomic E-state index is -1.24. The first-order valence-electron chi connectivity index (χ1n) is 11.0. The molecular formula is C24H32O7S. The highest BCUT2D eigenvalue weighted by Gasteiger charge is 2.61. The molecule has 0 radical (unpaired) electrons. The molecule has 0 unspecified atom stereocenters. The van der Waals surface area contributed by atoms with E-state index in [9.17, 15) is 18.6 Å². The van der Waals surface area contributed by atoms with E-state index in [4.69, 9.17) is 14.2 Å². The van der Waals surface area contributed by atoms with Crippen LogP contribution in [0.2, 0.25) is 0 Å². The molecule has 0 aromatic rings. The number of esters is 3. The van der Waals surface area contributed by atoms with Crippen LogP contribution in [0.4, 0.5) is 0 Å². The number of carbonyl (C=O) groups is 3. The number of rotatable bonds is 5. The molecule has 0 amide bonds. The van der Waals surface area contributed by atoms with Crippen LogP contribution in [-0.2, 0) is 39.4 Å². The Morgan fingerprint density at radius 2 is 1.94 bits per heavy atom. The number of allylic oxidation sites excluding steroid dienone is 1. The van der Waals surface area contributed by atoms with E-state index < -0.39 is 46.5 Å². The van der Waals surface area contributed by atoms with E-state index in [-0.39, 0.29) is 17.8 Å². The Hall–Kier alpha value is -2.22. The minimum absolute atomic E-state index is 0.127. The maximum atomic E-state index is 12.8. The molecule has 32 heavy (non-hydrogen) atoms.